The molecule has 0 aromatic carbocycles. The van der Waals surface area contributed by atoms with Gasteiger partial charge in [-0.1, -0.05) is 20.8 Å². The predicted octanol–water partition coefficient (Wildman–Crippen LogP) is 4.61. The maximum Gasteiger partial charge on any atom is 0.202 e. The fourth-order valence-electron chi connectivity index (χ4n) is 6.44. The van der Waals surface area contributed by atoms with Crippen LogP contribution in [0.15, 0.2) is 0 Å². The van der Waals surface area contributed by atoms with Crippen LogP contribution in [-0.4, -0.2) is 15.9 Å². The van der Waals surface area contributed by atoms with Crippen molar-refractivity contribution in [3.05, 3.63) is 5.82 Å². The number of hydrogen-bond donors (Lipinski definition) is 1. The molecule has 0 radical (unpaired) electrons. The summed E-state index contributed by atoms with van der Waals surface area (Å²) in [4.78, 5) is 4.90. The maximum atomic E-state index is 4.90. The highest BCUT2D eigenvalue weighted by Crippen LogP contribution is 2.69. The molecule has 3 nitrogen and oxygen atoms in total. The van der Waals surface area contributed by atoms with Gasteiger partial charge >= 0.3 is 0 Å². The lowest BCUT2D eigenvalue weighted by Gasteiger charge is -2.64. The van der Waals surface area contributed by atoms with Gasteiger partial charge in [-0.3, -0.25) is 0 Å². The summed E-state index contributed by atoms with van der Waals surface area (Å²) in [6, 6.07) is 0. The van der Waals surface area contributed by atoms with E-state index >= 15 is 0 Å². The van der Waals surface area contributed by atoms with Gasteiger partial charge in [0.2, 0.25) is 5.13 Å². The van der Waals surface area contributed by atoms with E-state index in [0.29, 0.717) is 10.8 Å². The first-order valence-electron chi connectivity index (χ1n) is 8.52. The van der Waals surface area contributed by atoms with E-state index in [1.54, 1.807) is 11.5 Å². The van der Waals surface area contributed by atoms with E-state index in [9.17, 15) is 0 Å². The molecule has 5 rings (SSSR count). The van der Waals surface area contributed by atoms with Crippen LogP contribution in [0.5, 0.6) is 0 Å². The van der Waals surface area contributed by atoms with Gasteiger partial charge in [0.05, 0.1) is 0 Å². The Balaban J connectivity index is 1.66. The normalized spacial score (nSPS) is 44.2. The molecule has 21 heavy (non-hydrogen) atoms. The summed E-state index contributed by atoms with van der Waals surface area (Å²) < 4.78 is 4.79. The van der Waals surface area contributed by atoms with Gasteiger partial charge in [-0.2, -0.15) is 4.37 Å². The Hall–Kier alpha value is -0.640. The molecule has 4 aliphatic rings. The number of anilines is 1. The molecule has 0 saturated heterocycles. The first-order valence-corrected chi connectivity index (χ1v) is 9.30. The Morgan fingerprint density at radius 3 is 2.48 bits per heavy atom. The summed E-state index contributed by atoms with van der Waals surface area (Å²) in [5.74, 6) is 2.07. The molecule has 0 spiro atoms. The smallest absolute Gasteiger partial charge is 0.202 e. The van der Waals surface area contributed by atoms with Crippen molar-refractivity contribution in [3.63, 3.8) is 0 Å². The molecule has 4 saturated carbocycles. The van der Waals surface area contributed by atoms with Gasteiger partial charge in [0.15, 0.2) is 5.82 Å². The molecule has 4 aliphatic carbocycles. The second-order valence-corrected chi connectivity index (χ2v) is 9.51. The highest BCUT2D eigenvalue weighted by molar-refractivity contribution is 7.09. The highest BCUT2D eigenvalue weighted by Gasteiger charge is 2.61. The molecular weight excluding hydrogens is 278 g/mol. The van der Waals surface area contributed by atoms with Crippen LogP contribution in [0.25, 0.3) is 0 Å². The van der Waals surface area contributed by atoms with Crippen molar-refractivity contribution in [2.45, 2.75) is 71.1 Å². The lowest BCUT2D eigenvalue weighted by atomic mass is 9.40. The molecule has 2 unspecified atom stereocenters. The Bertz CT molecular complexity index is 534. The Labute approximate surface area is 132 Å². The van der Waals surface area contributed by atoms with Crippen molar-refractivity contribution in [1.29, 1.82) is 0 Å². The Kier molecular flexibility index (Phi) is 2.95. The number of nitrogens with one attached hydrogen (secondary N) is 1. The number of hydrogen-bond acceptors (Lipinski definition) is 4. The van der Waals surface area contributed by atoms with Crippen LogP contribution >= 0.6 is 11.5 Å². The summed E-state index contributed by atoms with van der Waals surface area (Å²) in [7, 11) is 0. The second-order valence-electron chi connectivity index (χ2n) is 8.76. The van der Waals surface area contributed by atoms with Gasteiger partial charge in [-0.25, -0.2) is 4.98 Å². The van der Waals surface area contributed by atoms with Crippen LogP contribution in [-0.2, 0) is 5.41 Å². The van der Waals surface area contributed by atoms with Crippen LogP contribution in [0.4, 0.5) is 5.13 Å². The first-order chi connectivity index (χ1) is 9.94. The summed E-state index contributed by atoms with van der Waals surface area (Å²) in [6.45, 7) is 8.23. The minimum Gasteiger partial charge on any atom is -0.360 e. The molecule has 0 amide bonds. The minimum atomic E-state index is 0.283. The van der Waals surface area contributed by atoms with Crippen molar-refractivity contribution in [3.8, 4) is 0 Å². The molecule has 4 heteroatoms. The van der Waals surface area contributed by atoms with Crippen LogP contribution in [0, 0.1) is 16.7 Å². The van der Waals surface area contributed by atoms with Crippen LogP contribution < -0.4 is 5.32 Å². The monoisotopic (exact) mass is 305 g/mol. The molecule has 116 valence electrons. The number of rotatable bonds is 4. The van der Waals surface area contributed by atoms with E-state index in [4.69, 9.17) is 9.36 Å². The third-order valence-electron chi connectivity index (χ3n) is 6.05. The zero-order valence-electron chi connectivity index (χ0n) is 13.5. The highest BCUT2D eigenvalue weighted by atomic mass is 32.1. The van der Waals surface area contributed by atoms with Gasteiger partial charge < -0.3 is 5.32 Å². The van der Waals surface area contributed by atoms with Crippen molar-refractivity contribution in [2.24, 2.45) is 16.7 Å². The van der Waals surface area contributed by atoms with E-state index in [0.717, 1.165) is 29.8 Å². The summed E-state index contributed by atoms with van der Waals surface area (Å²) in [6.07, 6.45) is 9.40. The average Bonchev–Trinajstić information content (AvgIpc) is 2.81. The fraction of sp³-hybridized carbons (Fsp3) is 0.882. The lowest BCUT2D eigenvalue weighted by Crippen LogP contribution is -2.57. The van der Waals surface area contributed by atoms with Crippen LogP contribution in [0.1, 0.15) is 71.5 Å². The second kappa shape index (κ2) is 4.43. The van der Waals surface area contributed by atoms with Crippen LogP contribution in [0.3, 0.4) is 0 Å². The zero-order chi connectivity index (χ0) is 14.7. The molecule has 1 N–H and O–H groups in total. The van der Waals surface area contributed by atoms with Crippen molar-refractivity contribution >= 4 is 16.7 Å². The summed E-state index contributed by atoms with van der Waals surface area (Å²) in [5, 5.41) is 4.44. The van der Waals surface area contributed by atoms with Gasteiger partial charge in [-0.15, -0.1) is 0 Å². The molecule has 4 bridgehead atoms. The van der Waals surface area contributed by atoms with Gasteiger partial charge in [0.1, 0.15) is 0 Å². The van der Waals surface area contributed by atoms with Gasteiger partial charge in [0.25, 0.3) is 0 Å². The van der Waals surface area contributed by atoms with Crippen molar-refractivity contribution in [1.82, 2.24) is 9.36 Å². The van der Waals surface area contributed by atoms with E-state index < -0.39 is 0 Å². The first kappa shape index (κ1) is 14.0. The Morgan fingerprint density at radius 1 is 1.14 bits per heavy atom. The lowest BCUT2D eigenvalue weighted by molar-refractivity contribution is -0.112. The quantitative estimate of drug-likeness (QED) is 0.883. The minimum absolute atomic E-state index is 0.283. The topological polar surface area (TPSA) is 37.8 Å². The van der Waals surface area contributed by atoms with E-state index in [-0.39, 0.29) is 5.41 Å². The van der Waals surface area contributed by atoms with E-state index in [2.05, 4.69) is 26.1 Å². The third-order valence-corrected chi connectivity index (χ3v) is 6.73. The predicted molar refractivity (Wildman–Crippen MR) is 87.8 cm³/mol. The number of aromatic nitrogens is 2. The largest absolute Gasteiger partial charge is 0.360 e. The average molecular weight is 305 g/mol. The molecular formula is C17H27N3S. The third kappa shape index (κ3) is 2.21. The summed E-state index contributed by atoms with van der Waals surface area (Å²) in [5.41, 5.74) is 1.36. The van der Waals surface area contributed by atoms with Gasteiger partial charge in [0, 0.05) is 23.5 Å². The SMILES string of the molecule is CCCNc1nc(C23CC4CC(C)(CC(C)(C4)C2)C3)ns1. The standard InChI is InChI=1S/C17H27N3S/c1-4-5-18-14-19-13(20-21-14)17-8-12-6-15(2,10-17)9-16(3,7-12)11-17/h12H,4-11H2,1-3H3,(H,18,19,20). The van der Waals surface area contributed by atoms with E-state index in [1.165, 1.54) is 38.5 Å². The van der Waals surface area contributed by atoms with Gasteiger partial charge in [-0.05, 0) is 61.7 Å². The number of nitrogens with zero attached hydrogens (tertiary/aromatic N) is 2. The molecule has 1 aromatic heterocycles. The molecule has 4 fully saturated rings. The van der Waals surface area contributed by atoms with Crippen molar-refractivity contribution in [2.75, 3.05) is 11.9 Å². The fourth-order valence-corrected chi connectivity index (χ4v) is 7.14. The maximum absolute atomic E-state index is 4.90. The zero-order valence-corrected chi connectivity index (χ0v) is 14.4. The Morgan fingerprint density at radius 2 is 1.86 bits per heavy atom. The van der Waals surface area contributed by atoms with Crippen molar-refractivity contribution < 1.29 is 0 Å². The molecule has 1 heterocycles. The molecule has 1 aromatic rings. The summed E-state index contributed by atoms with van der Waals surface area (Å²) >= 11 is 1.56. The van der Waals surface area contributed by atoms with E-state index in [1.807, 2.05) is 0 Å². The molecule has 0 aliphatic heterocycles. The van der Waals surface area contributed by atoms with Crippen LogP contribution in [0.2, 0.25) is 0 Å². The molecule has 2 atom stereocenters.